The third-order valence-electron chi connectivity index (χ3n) is 3.04. The highest BCUT2D eigenvalue weighted by Crippen LogP contribution is 2.14. The minimum absolute atomic E-state index is 0.256. The number of ether oxygens (including phenoxy) is 1. The first-order chi connectivity index (χ1) is 9.18. The molecule has 2 aromatic carbocycles. The lowest BCUT2D eigenvalue weighted by molar-refractivity contribution is -0.146. The van der Waals surface area contributed by atoms with Gasteiger partial charge in [0.25, 0.3) is 0 Å². The quantitative estimate of drug-likeness (QED) is 0.855. The van der Waals surface area contributed by atoms with E-state index in [4.69, 9.17) is 10.5 Å². The number of esters is 1. The van der Waals surface area contributed by atoms with Crippen molar-refractivity contribution in [1.29, 1.82) is 0 Å². The van der Waals surface area contributed by atoms with Crippen LogP contribution in [0, 0.1) is 6.92 Å². The van der Waals surface area contributed by atoms with Crippen LogP contribution in [-0.2, 0) is 16.1 Å². The molecule has 2 N–H and O–H groups in total. The molecule has 0 radical (unpaired) electrons. The van der Waals surface area contributed by atoms with E-state index in [0.29, 0.717) is 0 Å². The van der Waals surface area contributed by atoms with Crippen molar-refractivity contribution >= 4 is 5.97 Å². The maximum absolute atomic E-state index is 11.9. The molecule has 0 amide bonds. The van der Waals surface area contributed by atoms with E-state index in [1.54, 1.807) is 0 Å². The van der Waals surface area contributed by atoms with Crippen LogP contribution in [0.5, 0.6) is 0 Å². The molecule has 0 heterocycles. The van der Waals surface area contributed by atoms with Crippen LogP contribution in [0.3, 0.4) is 0 Å². The van der Waals surface area contributed by atoms with Gasteiger partial charge < -0.3 is 10.5 Å². The average Bonchev–Trinajstić information content (AvgIpc) is 2.46. The summed E-state index contributed by atoms with van der Waals surface area (Å²) in [6.07, 6.45) is 0. The number of benzene rings is 2. The Balaban J connectivity index is 1.97. The Labute approximate surface area is 113 Å². The summed E-state index contributed by atoms with van der Waals surface area (Å²) in [5.74, 6) is -0.408. The maximum Gasteiger partial charge on any atom is 0.327 e. The highest BCUT2D eigenvalue weighted by Gasteiger charge is 2.17. The summed E-state index contributed by atoms with van der Waals surface area (Å²) in [6, 6.07) is 16.3. The topological polar surface area (TPSA) is 52.3 Å². The Morgan fingerprint density at radius 2 is 1.74 bits per heavy atom. The first kappa shape index (κ1) is 13.3. The normalized spacial score (nSPS) is 11.9. The second kappa shape index (κ2) is 6.16. The van der Waals surface area contributed by atoms with Crippen LogP contribution in [-0.4, -0.2) is 5.97 Å². The second-order valence-corrected chi connectivity index (χ2v) is 4.42. The van der Waals surface area contributed by atoms with E-state index in [0.717, 1.165) is 16.7 Å². The van der Waals surface area contributed by atoms with E-state index < -0.39 is 12.0 Å². The van der Waals surface area contributed by atoms with Gasteiger partial charge in [0.05, 0.1) is 0 Å². The van der Waals surface area contributed by atoms with Crippen molar-refractivity contribution in [3.8, 4) is 0 Å². The highest BCUT2D eigenvalue weighted by molar-refractivity contribution is 5.77. The van der Waals surface area contributed by atoms with Gasteiger partial charge in [0, 0.05) is 0 Å². The van der Waals surface area contributed by atoms with E-state index in [1.807, 2.05) is 61.5 Å². The van der Waals surface area contributed by atoms with Crippen LogP contribution in [0.2, 0.25) is 0 Å². The molecule has 2 aromatic rings. The van der Waals surface area contributed by atoms with Crippen molar-refractivity contribution in [2.75, 3.05) is 0 Å². The Bertz CT molecular complexity index is 552. The average molecular weight is 255 g/mol. The fourth-order valence-electron chi connectivity index (χ4n) is 1.81. The SMILES string of the molecule is Cc1ccccc1COC(=O)C(N)c1ccccc1. The van der Waals surface area contributed by atoms with Crippen molar-refractivity contribution < 1.29 is 9.53 Å². The van der Waals surface area contributed by atoms with Crippen molar-refractivity contribution in [2.24, 2.45) is 5.73 Å². The number of nitrogens with two attached hydrogens (primary N) is 1. The number of carbonyl (C=O) groups is 1. The Hall–Kier alpha value is -2.13. The van der Waals surface area contributed by atoms with Gasteiger partial charge >= 0.3 is 5.97 Å². The fraction of sp³-hybridized carbons (Fsp3) is 0.188. The van der Waals surface area contributed by atoms with E-state index in [2.05, 4.69) is 0 Å². The molecular weight excluding hydrogens is 238 g/mol. The van der Waals surface area contributed by atoms with Gasteiger partial charge in [-0.25, -0.2) is 4.79 Å². The second-order valence-electron chi connectivity index (χ2n) is 4.42. The molecule has 0 aliphatic rings. The lowest BCUT2D eigenvalue weighted by Gasteiger charge is -2.12. The molecule has 1 unspecified atom stereocenters. The molecule has 0 spiro atoms. The van der Waals surface area contributed by atoms with Crippen molar-refractivity contribution in [3.05, 3.63) is 71.3 Å². The number of rotatable bonds is 4. The maximum atomic E-state index is 11.9. The predicted molar refractivity (Wildman–Crippen MR) is 74.3 cm³/mol. The summed E-state index contributed by atoms with van der Waals surface area (Å²) in [7, 11) is 0. The number of hydrogen-bond donors (Lipinski definition) is 1. The van der Waals surface area contributed by atoms with Crippen LogP contribution in [0.15, 0.2) is 54.6 Å². The predicted octanol–water partition coefficient (Wildman–Crippen LogP) is 2.74. The van der Waals surface area contributed by atoms with Crippen molar-refractivity contribution in [2.45, 2.75) is 19.6 Å². The third kappa shape index (κ3) is 3.42. The molecule has 19 heavy (non-hydrogen) atoms. The summed E-state index contributed by atoms with van der Waals surface area (Å²) in [5, 5.41) is 0. The van der Waals surface area contributed by atoms with Crippen molar-refractivity contribution in [3.63, 3.8) is 0 Å². The number of carbonyl (C=O) groups excluding carboxylic acids is 1. The van der Waals surface area contributed by atoms with Gasteiger partial charge in [-0.05, 0) is 23.6 Å². The monoisotopic (exact) mass is 255 g/mol. The molecule has 98 valence electrons. The van der Waals surface area contributed by atoms with Gasteiger partial charge in [0.1, 0.15) is 12.6 Å². The molecule has 0 fully saturated rings. The third-order valence-corrected chi connectivity index (χ3v) is 3.04. The smallest absolute Gasteiger partial charge is 0.327 e. The van der Waals surface area contributed by atoms with E-state index in [1.165, 1.54) is 0 Å². The first-order valence-corrected chi connectivity index (χ1v) is 6.20. The number of hydrogen-bond acceptors (Lipinski definition) is 3. The molecule has 0 aromatic heterocycles. The zero-order chi connectivity index (χ0) is 13.7. The summed E-state index contributed by atoms with van der Waals surface area (Å²) >= 11 is 0. The van der Waals surface area contributed by atoms with Gasteiger partial charge in [-0.1, -0.05) is 54.6 Å². The zero-order valence-electron chi connectivity index (χ0n) is 10.9. The Morgan fingerprint density at radius 1 is 1.11 bits per heavy atom. The minimum Gasteiger partial charge on any atom is -0.459 e. The lowest BCUT2D eigenvalue weighted by atomic mass is 10.1. The molecule has 3 heteroatoms. The van der Waals surface area contributed by atoms with Crippen molar-refractivity contribution in [1.82, 2.24) is 0 Å². The lowest BCUT2D eigenvalue weighted by Crippen LogP contribution is -2.23. The summed E-state index contributed by atoms with van der Waals surface area (Å²) in [6.45, 7) is 2.24. The summed E-state index contributed by atoms with van der Waals surface area (Å²) in [4.78, 5) is 11.9. The minimum atomic E-state index is -0.731. The summed E-state index contributed by atoms with van der Waals surface area (Å²) in [5.41, 5.74) is 8.72. The van der Waals surface area contributed by atoms with Crippen LogP contribution < -0.4 is 5.73 Å². The molecule has 0 aliphatic heterocycles. The number of aryl methyl sites for hydroxylation is 1. The van der Waals surface area contributed by atoms with Crippen LogP contribution in [0.1, 0.15) is 22.7 Å². The largest absolute Gasteiger partial charge is 0.459 e. The van der Waals surface area contributed by atoms with E-state index in [-0.39, 0.29) is 6.61 Å². The van der Waals surface area contributed by atoms with Gasteiger partial charge in [-0.15, -0.1) is 0 Å². The molecular formula is C16H17NO2. The molecule has 0 aliphatic carbocycles. The zero-order valence-corrected chi connectivity index (χ0v) is 10.9. The molecule has 1 atom stereocenters. The molecule has 0 saturated heterocycles. The molecule has 3 nitrogen and oxygen atoms in total. The van der Waals surface area contributed by atoms with Gasteiger partial charge in [0.15, 0.2) is 0 Å². The van der Waals surface area contributed by atoms with Crippen LogP contribution in [0.25, 0.3) is 0 Å². The molecule has 0 saturated carbocycles. The van der Waals surface area contributed by atoms with Crippen LogP contribution >= 0.6 is 0 Å². The molecule has 0 bridgehead atoms. The van der Waals surface area contributed by atoms with Gasteiger partial charge in [-0.3, -0.25) is 0 Å². The standard InChI is InChI=1S/C16H17NO2/c1-12-7-5-6-10-14(12)11-19-16(18)15(17)13-8-3-2-4-9-13/h2-10,15H,11,17H2,1H3. The van der Waals surface area contributed by atoms with Crippen LogP contribution in [0.4, 0.5) is 0 Å². The Morgan fingerprint density at radius 3 is 2.42 bits per heavy atom. The first-order valence-electron chi connectivity index (χ1n) is 6.20. The summed E-state index contributed by atoms with van der Waals surface area (Å²) < 4.78 is 5.26. The Kier molecular flexibility index (Phi) is 4.31. The van der Waals surface area contributed by atoms with E-state index in [9.17, 15) is 4.79 Å². The molecule has 2 rings (SSSR count). The fourth-order valence-corrected chi connectivity index (χ4v) is 1.81. The van der Waals surface area contributed by atoms with E-state index >= 15 is 0 Å². The van der Waals surface area contributed by atoms with Gasteiger partial charge in [0.2, 0.25) is 0 Å². The highest BCUT2D eigenvalue weighted by atomic mass is 16.5. The van der Waals surface area contributed by atoms with Gasteiger partial charge in [-0.2, -0.15) is 0 Å².